The van der Waals surface area contributed by atoms with Crippen molar-refractivity contribution in [1.82, 2.24) is 18.3 Å². The van der Waals surface area contributed by atoms with Crippen LogP contribution in [0, 0.1) is 0 Å². The molecule has 13 aromatic rings. The van der Waals surface area contributed by atoms with Crippen LogP contribution in [0.25, 0.3) is 109 Å². The highest BCUT2D eigenvalue weighted by atomic mass is 32.1. The van der Waals surface area contributed by atoms with E-state index in [0.717, 1.165) is 22.7 Å². The summed E-state index contributed by atoms with van der Waals surface area (Å²) in [5.41, 5.74) is 11.8. The molecule has 0 N–H and O–H groups in total. The average molecular weight is 745 g/mol. The van der Waals surface area contributed by atoms with Gasteiger partial charge in [-0.3, -0.25) is 18.3 Å². The summed E-state index contributed by atoms with van der Waals surface area (Å²) in [4.78, 5) is 0. The van der Waals surface area contributed by atoms with Crippen molar-refractivity contribution in [3.05, 3.63) is 194 Å². The van der Waals surface area contributed by atoms with Gasteiger partial charge in [0.05, 0.1) is 22.1 Å². The maximum Gasteiger partial charge on any atom is 0.131 e. The molecule has 4 nitrogen and oxygen atoms in total. The standard InChI is InChI=1S/C52H32N4S/c1-3-15-33(16-4-1)53-43-23-11-7-19-37(43)49-39-21-9-13-25-45(39)55(51(49)53)35-27-29-47-41(31-35)42-32-36(28-30-48(42)57-47)56-46-26-14-10-22-40(46)50-38-20-8-12-24-44(38)54(52(50)56)34-17-5-2-6-18-34/h1-32H. The number of hydrogen-bond donors (Lipinski definition) is 0. The Kier molecular flexibility index (Phi) is 6.29. The molecule has 0 aliphatic rings. The van der Waals surface area contributed by atoms with E-state index >= 15 is 0 Å². The Morgan fingerprint density at radius 3 is 0.947 bits per heavy atom. The maximum absolute atomic E-state index is 2.48. The second-order valence-corrected chi connectivity index (χ2v) is 16.0. The van der Waals surface area contributed by atoms with Gasteiger partial charge in [0.1, 0.15) is 11.3 Å². The van der Waals surface area contributed by atoms with Gasteiger partial charge in [0.25, 0.3) is 0 Å². The highest BCUT2D eigenvalue weighted by Crippen LogP contribution is 2.44. The molecule has 0 unspecified atom stereocenters. The Morgan fingerprint density at radius 2 is 0.579 bits per heavy atom. The van der Waals surface area contributed by atoms with E-state index in [9.17, 15) is 0 Å². The van der Waals surface area contributed by atoms with Gasteiger partial charge in [-0.05, 0) is 84.9 Å². The van der Waals surface area contributed by atoms with Crippen LogP contribution in [0.1, 0.15) is 0 Å². The molecule has 0 saturated heterocycles. The van der Waals surface area contributed by atoms with Crippen molar-refractivity contribution < 1.29 is 0 Å². The van der Waals surface area contributed by atoms with E-state index in [0.29, 0.717) is 0 Å². The van der Waals surface area contributed by atoms with Crippen LogP contribution in [-0.2, 0) is 0 Å². The fourth-order valence-electron chi connectivity index (χ4n) is 9.63. The van der Waals surface area contributed by atoms with Gasteiger partial charge in [-0.2, -0.15) is 0 Å². The van der Waals surface area contributed by atoms with Crippen molar-refractivity contribution in [2.24, 2.45) is 0 Å². The fourth-order valence-corrected chi connectivity index (χ4v) is 10.7. The summed E-state index contributed by atoms with van der Waals surface area (Å²) in [6.45, 7) is 0. The second-order valence-electron chi connectivity index (χ2n) is 14.9. The van der Waals surface area contributed by atoms with Crippen LogP contribution in [0.2, 0.25) is 0 Å². The van der Waals surface area contributed by atoms with E-state index in [4.69, 9.17) is 0 Å². The zero-order valence-electron chi connectivity index (χ0n) is 30.7. The molecule has 0 fully saturated rings. The molecule has 13 rings (SSSR count). The number of para-hydroxylation sites is 6. The predicted octanol–water partition coefficient (Wildman–Crippen LogP) is 14.1. The van der Waals surface area contributed by atoms with Crippen LogP contribution >= 0.6 is 11.3 Å². The topological polar surface area (TPSA) is 19.7 Å². The molecule has 266 valence electrons. The molecule has 5 heteroatoms. The maximum atomic E-state index is 2.48. The van der Waals surface area contributed by atoms with E-state index in [1.165, 1.54) is 85.9 Å². The zero-order valence-corrected chi connectivity index (χ0v) is 31.5. The summed E-state index contributed by atoms with van der Waals surface area (Å²) in [6.07, 6.45) is 0. The molecule has 0 radical (unpaired) electrons. The first-order valence-electron chi connectivity index (χ1n) is 19.4. The van der Waals surface area contributed by atoms with Gasteiger partial charge in [0, 0.05) is 75.2 Å². The third kappa shape index (κ3) is 4.21. The molecule has 0 aliphatic heterocycles. The van der Waals surface area contributed by atoms with Gasteiger partial charge in [-0.15, -0.1) is 11.3 Å². The molecular weight excluding hydrogens is 713 g/mol. The van der Waals surface area contributed by atoms with Crippen molar-refractivity contribution in [2.45, 2.75) is 0 Å². The van der Waals surface area contributed by atoms with Gasteiger partial charge in [0.15, 0.2) is 0 Å². The molecule has 0 bridgehead atoms. The van der Waals surface area contributed by atoms with Crippen LogP contribution < -0.4 is 0 Å². The minimum Gasteiger partial charge on any atom is -0.295 e. The third-order valence-electron chi connectivity index (χ3n) is 11.9. The van der Waals surface area contributed by atoms with Crippen LogP contribution in [0.3, 0.4) is 0 Å². The summed E-state index contributed by atoms with van der Waals surface area (Å²) in [5, 5.41) is 10.1. The number of thiophene rings is 1. The van der Waals surface area contributed by atoms with Gasteiger partial charge >= 0.3 is 0 Å². The summed E-state index contributed by atoms with van der Waals surface area (Å²) in [5.74, 6) is 0. The average Bonchev–Trinajstić information content (AvgIpc) is 4.06. The molecule has 0 spiro atoms. The van der Waals surface area contributed by atoms with E-state index in [-0.39, 0.29) is 0 Å². The van der Waals surface area contributed by atoms with Crippen molar-refractivity contribution in [1.29, 1.82) is 0 Å². The lowest BCUT2D eigenvalue weighted by Gasteiger charge is -2.14. The molecule has 0 saturated carbocycles. The van der Waals surface area contributed by atoms with E-state index in [2.05, 4.69) is 212 Å². The minimum atomic E-state index is 1.15. The lowest BCUT2D eigenvalue weighted by Crippen LogP contribution is -2.01. The normalized spacial score (nSPS) is 12.2. The third-order valence-corrected chi connectivity index (χ3v) is 13.1. The quantitative estimate of drug-likeness (QED) is 0.171. The van der Waals surface area contributed by atoms with Crippen LogP contribution in [-0.4, -0.2) is 18.3 Å². The number of benzene rings is 8. The summed E-state index contributed by atoms with van der Waals surface area (Å²) in [6, 6.07) is 71.0. The minimum absolute atomic E-state index is 1.15. The largest absolute Gasteiger partial charge is 0.295 e. The van der Waals surface area contributed by atoms with Gasteiger partial charge in [-0.25, -0.2) is 0 Å². The van der Waals surface area contributed by atoms with E-state index < -0.39 is 0 Å². The lowest BCUT2D eigenvalue weighted by atomic mass is 10.1. The van der Waals surface area contributed by atoms with Crippen molar-refractivity contribution in [3.8, 4) is 22.7 Å². The molecule has 0 amide bonds. The van der Waals surface area contributed by atoms with Crippen molar-refractivity contribution in [3.63, 3.8) is 0 Å². The highest BCUT2D eigenvalue weighted by molar-refractivity contribution is 7.25. The van der Waals surface area contributed by atoms with Crippen LogP contribution in [0.15, 0.2) is 194 Å². The molecule has 5 aromatic heterocycles. The Morgan fingerprint density at radius 1 is 0.263 bits per heavy atom. The second kappa shape index (κ2) is 11.6. The number of hydrogen-bond acceptors (Lipinski definition) is 1. The highest BCUT2D eigenvalue weighted by Gasteiger charge is 2.24. The first kappa shape index (κ1) is 30.9. The lowest BCUT2D eigenvalue weighted by molar-refractivity contribution is 1.07. The van der Waals surface area contributed by atoms with Gasteiger partial charge in [-0.1, -0.05) is 109 Å². The Balaban J connectivity index is 1.10. The first-order valence-corrected chi connectivity index (χ1v) is 20.3. The van der Waals surface area contributed by atoms with Crippen LogP contribution in [0.5, 0.6) is 0 Å². The fraction of sp³-hybridized carbons (Fsp3) is 0. The van der Waals surface area contributed by atoms with Crippen molar-refractivity contribution in [2.75, 3.05) is 0 Å². The van der Waals surface area contributed by atoms with E-state index in [1.54, 1.807) is 0 Å². The molecular formula is C52H32N4S. The summed E-state index contributed by atoms with van der Waals surface area (Å²) >= 11 is 1.87. The number of rotatable bonds is 4. The molecule has 8 aromatic carbocycles. The Bertz CT molecular complexity index is 3500. The van der Waals surface area contributed by atoms with Gasteiger partial charge < -0.3 is 0 Å². The number of nitrogens with zero attached hydrogens (tertiary/aromatic N) is 4. The first-order chi connectivity index (χ1) is 28.3. The SMILES string of the molecule is c1ccc(-n2c3ccccc3c3c4ccccc4n(-c4ccc5sc6ccc(-n7c8ccccc8c8c9ccccc9n(-c9ccccc9)c87)cc6c5c4)c32)cc1. The predicted molar refractivity (Wildman–Crippen MR) is 242 cm³/mol. The smallest absolute Gasteiger partial charge is 0.131 e. The molecule has 0 aliphatic carbocycles. The van der Waals surface area contributed by atoms with E-state index in [1.807, 2.05) is 11.3 Å². The zero-order chi connectivity index (χ0) is 37.2. The van der Waals surface area contributed by atoms with Crippen molar-refractivity contribution >= 4 is 97.2 Å². The summed E-state index contributed by atoms with van der Waals surface area (Å²) < 4.78 is 12.4. The van der Waals surface area contributed by atoms with Crippen LogP contribution in [0.4, 0.5) is 0 Å². The monoisotopic (exact) mass is 744 g/mol. The molecule has 0 atom stereocenters. The Labute approximate surface area is 330 Å². The summed E-state index contributed by atoms with van der Waals surface area (Å²) in [7, 11) is 0. The number of aromatic nitrogens is 4. The molecule has 5 heterocycles. The van der Waals surface area contributed by atoms with Gasteiger partial charge in [0.2, 0.25) is 0 Å². The Hall–Kier alpha value is -7.34. The molecule has 57 heavy (non-hydrogen) atoms. The number of fused-ring (bicyclic) bond motifs is 13.